The third-order valence-corrected chi connectivity index (χ3v) is 4.99. The van der Waals surface area contributed by atoms with Crippen LogP contribution in [0, 0.1) is 0 Å². The zero-order valence-electron chi connectivity index (χ0n) is 17.3. The van der Waals surface area contributed by atoms with Crippen LogP contribution in [0.3, 0.4) is 0 Å². The van der Waals surface area contributed by atoms with Crippen molar-refractivity contribution in [2.75, 3.05) is 13.7 Å². The van der Waals surface area contributed by atoms with Crippen LogP contribution in [0.1, 0.15) is 30.7 Å². The van der Waals surface area contributed by atoms with Crippen molar-refractivity contribution in [2.45, 2.75) is 32.2 Å². The van der Waals surface area contributed by atoms with Crippen LogP contribution in [-0.2, 0) is 27.3 Å². The highest BCUT2D eigenvalue weighted by Crippen LogP contribution is 2.19. The second kappa shape index (κ2) is 11.3. The van der Waals surface area contributed by atoms with Crippen molar-refractivity contribution in [1.29, 1.82) is 0 Å². The summed E-state index contributed by atoms with van der Waals surface area (Å²) < 4.78 is 10.0. The third kappa shape index (κ3) is 6.93. The summed E-state index contributed by atoms with van der Waals surface area (Å²) in [4.78, 5) is 30.4. The molecule has 3 aromatic rings. The van der Waals surface area contributed by atoms with Crippen LogP contribution in [0.25, 0.3) is 11.4 Å². The van der Waals surface area contributed by atoms with Gasteiger partial charge in [-0.25, -0.2) is 0 Å². The van der Waals surface area contributed by atoms with Crippen molar-refractivity contribution in [3.63, 3.8) is 0 Å². The number of aromatic nitrogens is 2. The minimum Gasteiger partial charge on any atom is -0.469 e. The number of rotatable bonds is 10. The van der Waals surface area contributed by atoms with Crippen LogP contribution in [0.15, 0.2) is 59.1 Å². The van der Waals surface area contributed by atoms with Crippen LogP contribution < -0.4 is 0 Å². The lowest BCUT2D eigenvalue weighted by atomic mass is 10.1. The van der Waals surface area contributed by atoms with Gasteiger partial charge in [0, 0.05) is 36.5 Å². The molecule has 0 saturated heterocycles. The zero-order chi connectivity index (χ0) is 22.1. The minimum atomic E-state index is -0.341. The first-order valence-electron chi connectivity index (χ1n) is 10.0. The van der Waals surface area contributed by atoms with Gasteiger partial charge in [0.15, 0.2) is 0 Å². The fraction of sp³-hybridized carbons (Fsp3) is 0.304. The highest BCUT2D eigenvalue weighted by molar-refractivity contribution is 6.30. The van der Waals surface area contributed by atoms with Crippen LogP contribution in [-0.4, -0.2) is 40.6 Å². The van der Waals surface area contributed by atoms with Gasteiger partial charge in [-0.1, -0.05) is 47.1 Å². The van der Waals surface area contributed by atoms with E-state index < -0.39 is 0 Å². The number of benzene rings is 2. The van der Waals surface area contributed by atoms with Gasteiger partial charge in [-0.15, -0.1) is 0 Å². The number of carbonyl (C=O) groups is 2. The number of esters is 1. The molecule has 0 bridgehead atoms. The Bertz CT molecular complexity index is 990. The SMILES string of the molecule is COC(=O)CCN(Cc1ccccc1)C(=O)CCCc1nc(-c2ccc(Cl)cc2)no1. The van der Waals surface area contributed by atoms with Gasteiger partial charge in [-0.05, 0) is 36.2 Å². The lowest BCUT2D eigenvalue weighted by Crippen LogP contribution is -2.32. The second-order valence-electron chi connectivity index (χ2n) is 7.00. The van der Waals surface area contributed by atoms with E-state index in [1.54, 1.807) is 17.0 Å². The fourth-order valence-corrected chi connectivity index (χ4v) is 3.17. The van der Waals surface area contributed by atoms with Crippen molar-refractivity contribution in [3.05, 3.63) is 71.1 Å². The molecule has 0 radical (unpaired) electrons. The predicted molar refractivity (Wildman–Crippen MR) is 116 cm³/mol. The monoisotopic (exact) mass is 441 g/mol. The minimum absolute atomic E-state index is 0.0369. The maximum absolute atomic E-state index is 12.8. The number of nitrogens with zero attached hydrogens (tertiary/aromatic N) is 3. The van der Waals surface area contributed by atoms with E-state index in [2.05, 4.69) is 10.1 Å². The molecule has 0 aliphatic heterocycles. The summed E-state index contributed by atoms with van der Waals surface area (Å²) in [6, 6.07) is 16.9. The maximum atomic E-state index is 12.8. The molecular weight excluding hydrogens is 418 g/mol. The first-order chi connectivity index (χ1) is 15.0. The molecule has 1 heterocycles. The Balaban J connectivity index is 1.54. The van der Waals surface area contributed by atoms with Crippen molar-refractivity contribution in [3.8, 4) is 11.4 Å². The summed E-state index contributed by atoms with van der Waals surface area (Å²) in [5.41, 5.74) is 1.82. The fourth-order valence-electron chi connectivity index (χ4n) is 3.05. The largest absolute Gasteiger partial charge is 0.469 e. The van der Waals surface area contributed by atoms with E-state index in [0.29, 0.717) is 49.1 Å². The third-order valence-electron chi connectivity index (χ3n) is 4.73. The van der Waals surface area contributed by atoms with Gasteiger partial charge in [0.1, 0.15) is 0 Å². The molecule has 2 aromatic carbocycles. The predicted octanol–water partition coefficient (Wildman–Crippen LogP) is 4.30. The zero-order valence-corrected chi connectivity index (χ0v) is 18.0. The molecule has 7 nitrogen and oxygen atoms in total. The molecule has 0 unspecified atom stereocenters. The molecule has 0 atom stereocenters. The molecular formula is C23H24ClN3O4. The normalized spacial score (nSPS) is 10.6. The van der Waals surface area contributed by atoms with Crippen molar-refractivity contribution in [2.24, 2.45) is 0 Å². The van der Waals surface area contributed by atoms with Gasteiger partial charge in [-0.2, -0.15) is 4.98 Å². The smallest absolute Gasteiger partial charge is 0.307 e. The number of amides is 1. The number of hydrogen-bond donors (Lipinski definition) is 0. The second-order valence-corrected chi connectivity index (χ2v) is 7.44. The molecule has 162 valence electrons. The molecule has 0 aliphatic carbocycles. The van der Waals surface area contributed by atoms with E-state index in [-0.39, 0.29) is 18.3 Å². The molecule has 1 aromatic heterocycles. The van der Waals surface area contributed by atoms with Crippen molar-refractivity contribution in [1.82, 2.24) is 15.0 Å². The van der Waals surface area contributed by atoms with E-state index in [0.717, 1.165) is 11.1 Å². The first kappa shape index (κ1) is 22.5. The first-order valence-corrected chi connectivity index (χ1v) is 10.4. The quantitative estimate of drug-likeness (QED) is 0.436. The van der Waals surface area contributed by atoms with Gasteiger partial charge in [-0.3, -0.25) is 9.59 Å². The number of methoxy groups -OCH3 is 1. The molecule has 3 rings (SSSR count). The molecule has 0 fully saturated rings. The number of aryl methyl sites for hydroxylation is 1. The van der Waals surface area contributed by atoms with Gasteiger partial charge < -0.3 is 14.2 Å². The summed E-state index contributed by atoms with van der Waals surface area (Å²) in [5, 5.41) is 4.62. The van der Waals surface area contributed by atoms with Crippen molar-refractivity contribution >= 4 is 23.5 Å². The molecule has 0 spiro atoms. The van der Waals surface area contributed by atoms with Gasteiger partial charge in [0.25, 0.3) is 0 Å². The lowest BCUT2D eigenvalue weighted by molar-refractivity contribution is -0.142. The van der Waals surface area contributed by atoms with Crippen LogP contribution in [0.4, 0.5) is 0 Å². The topological polar surface area (TPSA) is 85.5 Å². The summed E-state index contributed by atoms with van der Waals surface area (Å²) in [6.45, 7) is 0.750. The van der Waals surface area contributed by atoms with E-state index in [1.807, 2.05) is 42.5 Å². The molecule has 0 N–H and O–H groups in total. The highest BCUT2D eigenvalue weighted by Gasteiger charge is 2.17. The lowest BCUT2D eigenvalue weighted by Gasteiger charge is -2.22. The highest BCUT2D eigenvalue weighted by atomic mass is 35.5. The number of ether oxygens (including phenoxy) is 1. The number of halogens is 1. The van der Waals surface area contributed by atoms with Gasteiger partial charge >= 0.3 is 5.97 Å². The van der Waals surface area contributed by atoms with E-state index in [9.17, 15) is 9.59 Å². The van der Waals surface area contributed by atoms with E-state index in [4.69, 9.17) is 20.9 Å². The number of hydrogen-bond acceptors (Lipinski definition) is 6. The van der Waals surface area contributed by atoms with E-state index >= 15 is 0 Å². The summed E-state index contributed by atoms with van der Waals surface area (Å²) >= 11 is 5.90. The Labute approximate surface area is 186 Å². The van der Waals surface area contributed by atoms with Crippen LogP contribution in [0.5, 0.6) is 0 Å². The summed E-state index contributed by atoms with van der Waals surface area (Å²) in [7, 11) is 1.34. The van der Waals surface area contributed by atoms with E-state index in [1.165, 1.54) is 7.11 Å². The molecule has 1 amide bonds. The average molecular weight is 442 g/mol. The summed E-state index contributed by atoms with van der Waals surface area (Å²) in [6.07, 6.45) is 1.52. The molecule has 31 heavy (non-hydrogen) atoms. The Morgan fingerprint density at radius 2 is 1.81 bits per heavy atom. The van der Waals surface area contributed by atoms with Crippen molar-refractivity contribution < 1.29 is 18.8 Å². The molecule has 0 saturated carbocycles. The van der Waals surface area contributed by atoms with Gasteiger partial charge in [0.05, 0.1) is 13.5 Å². The summed E-state index contributed by atoms with van der Waals surface area (Å²) in [5.74, 6) is 0.584. The Hall–Kier alpha value is -3.19. The number of carbonyl (C=O) groups excluding carboxylic acids is 2. The molecule has 0 aliphatic rings. The maximum Gasteiger partial charge on any atom is 0.307 e. The van der Waals surface area contributed by atoms with Crippen LogP contribution >= 0.6 is 11.6 Å². The van der Waals surface area contributed by atoms with Gasteiger partial charge in [0.2, 0.25) is 17.6 Å². The molecule has 8 heteroatoms. The average Bonchev–Trinajstić information content (AvgIpc) is 3.26. The van der Waals surface area contributed by atoms with Crippen LogP contribution in [0.2, 0.25) is 5.02 Å². The Kier molecular flexibility index (Phi) is 8.18. The Morgan fingerprint density at radius 1 is 1.06 bits per heavy atom. The Morgan fingerprint density at radius 3 is 2.52 bits per heavy atom. The standard InChI is InChI=1S/C23H24ClN3O4/c1-30-22(29)14-15-27(16-17-6-3-2-4-7-17)21(28)9-5-8-20-25-23(26-31-20)18-10-12-19(24)13-11-18/h2-4,6-7,10-13H,5,8-9,14-16H2,1H3.